The number of benzene rings is 3. The van der Waals surface area contributed by atoms with Gasteiger partial charge >= 0.3 is 0 Å². The minimum atomic E-state index is -0.363. The van der Waals surface area contributed by atoms with Crippen LogP contribution in [0, 0.1) is 5.92 Å². The molecule has 0 aliphatic heterocycles. The van der Waals surface area contributed by atoms with Crippen LogP contribution in [-0.2, 0) is 11.3 Å². The van der Waals surface area contributed by atoms with Gasteiger partial charge < -0.3 is 15.4 Å². The maximum absolute atomic E-state index is 12.9. The molecular formula is C27H28N2O3. The highest BCUT2D eigenvalue weighted by molar-refractivity contribution is 6.05. The molecule has 2 N–H and O–H groups in total. The van der Waals surface area contributed by atoms with Crippen molar-refractivity contribution < 1.29 is 14.3 Å². The Morgan fingerprint density at radius 2 is 1.50 bits per heavy atom. The van der Waals surface area contributed by atoms with Crippen molar-refractivity contribution in [1.82, 2.24) is 10.6 Å². The average Bonchev–Trinajstić information content (AvgIpc) is 2.82. The Labute approximate surface area is 189 Å². The fourth-order valence-electron chi connectivity index (χ4n) is 2.91. The third kappa shape index (κ3) is 7.13. The molecule has 0 aliphatic rings. The fourth-order valence-corrected chi connectivity index (χ4v) is 2.91. The monoisotopic (exact) mass is 428 g/mol. The van der Waals surface area contributed by atoms with E-state index >= 15 is 0 Å². The predicted octanol–water partition coefficient (Wildman–Crippen LogP) is 4.81. The van der Waals surface area contributed by atoms with E-state index in [0.29, 0.717) is 30.4 Å². The second kappa shape index (κ2) is 11.5. The molecule has 5 nitrogen and oxygen atoms in total. The Hall–Kier alpha value is -3.86. The van der Waals surface area contributed by atoms with E-state index in [1.807, 2.05) is 60.7 Å². The molecule has 3 rings (SSSR count). The lowest BCUT2D eigenvalue weighted by molar-refractivity contribution is -0.117. The third-order valence-corrected chi connectivity index (χ3v) is 4.60. The average molecular weight is 429 g/mol. The maximum Gasteiger partial charge on any atom is 0.268 e. The number of carbonyl (C=O) groups excluding carboxylic acids is 2. The SMILES string of the molecule is CC(C)COc1ccc(C(=O)NC(=Cc2ccccc2)C(=O)NCc2ccccc2)cc1. The molecule has 0 aromatic heterocycles. The van der Waals surface area contributed by atoms with Crippen molar-refractivity contribution in [1.29, 1.82) is 0 Å². The molecule has 0 atom stereocenters. The fraction of sp³-hybridized carbons (Fsp3) is 0.185. The first-order chi connectivity index (χ1) is 15.5. The van der Waals surface area contributed by atoms with E-state index in [0.717, 1.165) is 11.1 Å². The first kappa shape index (κ1) is 22.8. The van der Waals surface area contributed by atoms with Crippen molar-refractivity contribution in [2.75, 3.05) is 6.61 Å². The van der Waals surface area contributed by atoms with Gasteiger partial charge in [0.2, 0.25) is 0 Å². The van der Waals surface area contributed by atoms with Gasteiger partial charge in [0.05, 0.1) is 6.61 Å². The van der Waals surface area contributed by atoms with Crippen LogP contribution in [0.25, 0.3) is 6.08 Å². The van der Waals surface area contributed by atoms with Crippen molar-refractivity contribution in [3.63, 3.8) is 0 Å². The van der Waals surface area contributed by atoms with Crippen LogP contribution >= 0.6 is 0 Å². The standard InChI is InChI=1S/C27H28N2O3/c1-20(2)19-32-24-15-13-23(14-16-24)26(30)29-25(17-21-9-5-3-6-10-21)27(31)28-18-22-11-7-4-8-12-22/h3-17,20H,18-19H2,1-2H3,(H,28,31)(H,29,30). The zero-order valence-electron chi connectivity index (χ0n) is 18.4. The van der Waals surface area contributed by atoms with E-state index in [1.54, 1.807) is 30.3 Å². The normalized spacial score (nSPS) is 11.2. The van der Waals surface area contributed by atoms with Crippen molar-refractivity contribution in [3.8, 4) is 5.75 Å². The molecule has 32 heavy (non-hydrogen) atoms. The molecule has 0 unspecified atom stereocenters. The topological polar surface area (TPSA) is 67.4 Å². The molecule has 0 radical (unpaired) electrons. The van der Waals surface area contributed by atoms with Gasteiger partial charge in [-0.2, -0.15) is 0 Å². The number of hydrogen-bond donors (Lipinski definition) is 2. The van der Waals surface area contributed by atoms with Gasteiger partial charge in [0, 0.05) is 12.1 Å². The maximum atomic E-state index is 12.9. The number of carbonyl (C=O) groups is 2. The summed E-state index contributed by atoms with van der Waals surface area (Å²) in [7, 11) is 0. The molecule has 0 bridgehead atoms. The van der Waals surface area contributed by atoms with Gasteiger partial charge in [-0.15, -0.1) is 0 Å². The van der Waals surface area contributed by atoms with Gasteiger partial charge in [0.15, 0.2) is 0 Å². The van der Waals surface area contributed by atoms with Gasteiger partial charge in [-0.1, -0.05) is 74.5 Å². The van der Waals surface area contributed by atoms with E-state index in [4.69, 9.17) is 4.74 Å². The molecule has 3 aromatic carbocycles. The highest BCUT2D eigenvalue weighted by Gasteiger charge is 2.15. The molecule has 0 heterocycles. The van der Waals surface area contributed by atoms with E-state index in [1.165, 1.54) is 0 Å². The lowest BCUT2D eigenvalue weighted by atomic mass is 10.1. The quantitative estimate of drug-likeness (QED) is 0.481. The van der Waals surface area contributed by atoms with E-state index in [2.05, 4.69) is 24.5 Å². The molecule has 0 spiro atoms. The van der Waals surface area contributed by atoms with Crippen LogP contribution in [0.15, 0.2) is 90.6 Å². The van der Waals surface area contributed by atoms with Crippen molar-refractivity contribution in [2.45, 2.75) is 20.4 Å². The molecule has 5 heteroatoms. The van der Waals surface area contributed by atoms with Crippen LogP contribution in [0.1, 0.15) is 35.3 Å². The molecule has 0 saturated heterocycles. The lowest BCUT2D eigenvalue weighted by Crippen LogP contribution is -2.34. The van der Waals surface area contributed by atoms with Crippen LogP contribution in [0.3, 0.4) is 0 Å². The summed E-state index contributed by atoms with van der Waals surface area (Å²) in [5.41, 5.74) is 2.41. The lowest BCUT2D eigenvalue weighted by Gasteiger charge is -2.12. The zero-order valence-corrected chi connectivity index (χ0v) is 18.4. The number of amides is 2. The highest BCUT2D eigenvalue weighted by Crippen LogP contribution is 2.14. The second-order valence-corrected chi connectivity index (χ2v) is 7.82. The van der Waals surface area contributed by atoms with Crippen molar-refractivity contribution in [3.05, 3.63) is 107 Å². The Morgan fingerprint density at radius 1 is 0.875 bits per heavy atom. The van der Waals surface area contributed by atoms with Crippen LogP contribution in [0.5, 0.6) is 5.75 Å². The first-order valence-electron chi connectivity index (χ1n) is 10.6. The highest BCUT2D eigenvalue weighted by atomic mass is 16.5. The van der Waals surface area contributed by atoms with Gasteiger partial charge in [0.1, 0.15) is 11.4 Å². The summed E-state index contributed by atoms with van der Waals surface area (Å²) < 4.78 is 5.67. The summed E-state index contributed by atoms with van der Waals surface area (Å²) in [5, 5.41) is 5.63. The van der Waals surface area contributed by atoms with Crippen LogP contribution in [0.2, 0.25) is 0 Å². The van der Waals surface area contributed by atoms with Gasteiger partial charge in [-0.3, -0.25) is 9.59 Å². The summed E-state index contributed by atoms with van der Waals surface area (Å²) in [6.07, 6.45) is 1.67. The number of nitrogens with one attached hydrogen (secondary N) is 2. The van der Waals surface area contributed by atoms with Crippen molar-refractivity contribution >= 4 is 17.9 Å². The molecule has 2 amide bonds. The zero-order chi connectivity index (χ0) is 22.8. The van der Waals surface area contributed by atoms with Crippen molar-refractivity contribution in [2.24, 2.45) is 5.92 Å². The Bertz CT molecular complexity index is 1040. The molecule has 3 aromatic rings. The van der Waals surface area contributed by atoms with Crippen LogP contribution < -0.4 is 15.4 Å². The molecule has 164 valence electrons. The molecular weight excluding hydrogens is 400 g/mol. The third-order valence-electron chi connectivity index (χ3n) is 4.60. The first-order valence-corrected chi connectivity index (χ1v) is 10.6. The summed E-state index contributed by atoms with van der Waals surface area (Å²) in [5.74, 6) is 0.398. The number of hydrogen-bond acceptors (Lipinski definition) is 3. The van der Waals surface area contributed by atoms with E-state index in [-0.39, 0.29) is 17.5 Å². The van der Waals surface area contributed by atoms with E-state index in [9.17, 15) is 9.59 Å². The number of ether oxygens (including phenoxy) is 1. The van der Waals surface area contributed by atoms with E-state index < -0.39 is 0 Å². The summed E-state index contributed by atoms with van der Waals surface area (Å²) in [6.45, 7) is 5.12. The van der Waals surface area contributed by atoms with Crippen LogP contribution in [-0.4, -0.2) is 18.4 Å². The van der Waals surface area contributed by atoms with Gasteiger partial charge in [-0.25, -0.2) is 0 Å². The Balaban J connectivity index is 1.72. The largest absolute Gasteiger partial charge is 0.493 e. The minimum Gasteiger partial charge on any atom is -0.493 e. The smallest absolute Gasteiger partial charge is 0.268 e. The molecule has 0 aliphatic carbocycles. The minimum absolute atomic E-state index is 0.178. The number of rotatable bonds is 9. The molecule has 0 fully saturated rings. The second-order valence-electron chi connectivity index (χ2n) is 7.82. The predicted molar refractivity (Wildman–Crippen MR) is 127 cm³/mol. The van der Waals surface area contributed by atoms with Gasteiger partial charge in [0.25, 0.3) is 11.8 Å². The summed E-state index contributed by atoms with van der Waals surface area (Å²) >= 11 is 0. The van der Waals surface area contributed by atoms with Gasteiger partial charge in [-0.05, 0) is 47.4 Å². The Morgan fingerprint density at radius 3 is 2.12 bits per heavy atom. The molecule has 0 saturated carbocycles. The summed E-state index contributed by atoms with van der Waals surface area (Å²) in [6, 6.07) is 25.9. The Kier molecular flexibility index (Phi) is 8.21. The van der Waals surface area contributed by atoms with Crippen LogP contribution in [0.4, 0.5) is 0 Å². The summed E-state index contributed by atoms with van der Waals surface area (Å²) in [4.78, 5) is 25.7.